The van der Waals surface area contributed by atoms with Crippen molar-refractivity contribution < 1.29 is 13.1 Å². The zero-order valence-corrected chi connectivity index (χ0v) is 10.5. The predicted octanol–water partition coefficient (Wildman–Crippen LogP) is 3.38. The third kappa shape index (κ3) is 7.50. The van der Waals surface area contributed by atoms with E-state index in [9.17, 15) is 0 Å². The number of halogens is 4. The summed E-state index contributed by atoms with van der Waals surface area (Å²) in [4.78, 5) is 0. The van der Waals surface area contributed by atoms with Crippen LogP contribution in [0.15, 0.2) is 21.3 Å². The van der Waals surface area contributed by atoms with Crippen molar-refractivity contribution in [2.45, 2.75) is 0 Å². The van der Waals surface area contributed by atoms with Crippen molar-refractivity contribution in [1.82, 2.24) is 10.2 Å². The Morgan fingerprint density at radius 1 is 1.09 bits per heavy atom. The maximum absolute atomic E-state index is 4.67. The molecule has 0 fully saturated rings. The van der Waals surface area contributed by atoms with Gasteiger partial charge in [-0.3, -0.25) is 0 Å². The van der Waals surface area contributed by atoms with Gasteiger partial charge in [0.05, 0.1) is 0 Å². The third-order valence-electron chi connectivity index (χ3n) is 0.599. The van der Waals surface area contributed by atoms with Gasteiger partial charge in [0.25, 0.3) is 0 Å². The zero-order chi connectivity index (χ0) is 8.69. The Balaban J connectivity index is 0.000000292. The fourth-order valence-electron chi connectivity index (χ4n) is 0.300. The number of nitrogens with zero attached hydrogens (tertiary/aromatic N) is 2. The molecule has 0 unspecified atom stereocenters. The Kier molecular flexibility index (Phi) is 8.58. The standard InChI is InChI=1S/C4H2Br2N2.2ClH.Cu/c5-3-1-2-4(6)8-7-3;;;/h1-2H;2*1H;/q;;;+2/p-2. The number of aromatic nitrogens is 2. The normalized spacial score (nSPS) is 8.73. The molecule has 7 heteroatoms. The molecule has 0 saturated carbocycles. The van der Waals surface area contributed by atoms with Crippen LogP contribution in [-0.4, -0.2) is 10.2 Å². The van der Waals surface area contributed by atoms with Crippen LogP contribution in [0.1, 0.15) is 0 Å². The number of rotatable bonds is 0. The van der Waals surface area contributed by atoms with E-state index in [0.717, 1.165) is 22.3 Å². The van der Waals surface area contributed by atoms with Gasteiger partial charge in [0.1, 0.15) is 9.21 Å². The monoisotopic (exact) mass is 369 g/mol. The molecule has 67 valence electrons. The molecule has 0 spiro atoms. The molecule has 1 heterocycles. The van der Waals surface area contributed by atoms with Gasteiger partial charge in [-0.2, -0.15) is 0 Å². The van der Waals surface area contributed by atoms with Gasteiger partial charge < -0.3 is 0 Å². The van der Waals surface area contributed by atoms with Crippen molar-refractivity contribution in [3.8, 4) is 0 Å². The van der Waals surface area contributed by atoms with Crippen molar-refractivity contribution in [3.05, 3.63) is 21.3 Å². The summed E-state index contributed by atoms with van der Waals surface area (Å²) in [6.07, 6.45) is 0. The van der Waals surface area contributed by atoms with Crippen LogP contribution in [-0.2, 0) is 13.1 Å². The molecular weight excluding hydrogens is 370 g/mol. The second-order valence-corrected chi connectivity index (χ2v) is 4.40. The third-order valence-corrected chi connectivity index (χ3v) is 1.45. The molecule has 0 N–H and O–H groups in total. The van der Waals surface area contributed by atoms with Crippen molar-refractivity contribution in [3.63, 3.8) is 0 Å². The minimum atomic E-state index is 0.751. The van der Waals surface area contributed by atoms with E-state index in [0.29, 0.717) is 0 Å². The van der Waals surface area contributed by atoms with Crippen LogP contribution < -0.4 is 0 Å². The van der Waals surface area contributed by atoms with Gasteiger partial charge in [-0.25, -0.2) is 0 Å². The topological polar surface area (TPSA) is 25.8 Å². The average Bonchev–Trinajstić information content (AvgIpc) is 1.97. The van der Waals surface area contributed by atoms with E-state index in [1.165, 1.54) is 0 Å². The van der Waals surface area contributed by atoms with Crippen molar-refractivity contribution in [2.75, 3.05) is 0 Å². The maximum atomic E-state index is 4.67. The first-order valence-electron chi connectivity index (χ1n) is 2.16. The van der Waals surface area contributed by atoms with Crippen LogP contribution in [0.5, 0.6) is 0 Å². The molecule has 0 saturated heterocycles. The van der Waals surface area contributed by atoms with Crippen LogP contribution >= 0.6 is 52.1 Å². The van der Waals surface area contributed by atoms with Gasteiger partial charge in [-0.05, 0) is 44.0 Å². The molecule has 1 aromatic heterocycles. The molecule has 0 aliphatic carbocycles. The summed E-state index contributed by atoms with van der Waals surface area (Å²) >= 11 is 7.06. The molecule has 0 bridgehead atoms. The van der Waals surface area contributed by atoms with Crippen molar-refractivity contribution in [2.24, 2.45) is 0 Å². The van der Waals surface area contributed by atoms with E-state index in [1.54, 1.807) is 0 Å². The Labute approximate surface area is 95.9 Å². The number of hydrogen-bond donors (Lipinski definition) is 0. The first kappa shape index (κ1) is 12.1. The molecule has 0 aliphatic rings. The molecule has 0 aromatic carbocycles. The predicted molar refractivity (Wildman–Crippen MR) is 49.1 cm³/mol. The van der Waals surface area contributed by atoms with Crippen LogP contribution in [0.4, 0.5) is 0 Å². The van der Waals surface area contributed by atoms with Gasteiger partial charge in [-0.15, -0.1) is 10.2 Å². The van der Waals surface area contributed by atoms with E-state index < -0.39 is 0 Å². The van der Waals surface area contributed by atoms with Gasteiger partial charge in [0.2, 0.25) is 0 Å². The van der Waals surface area contributed by atoms with Crippen LogP contribution in [0.2, 0.25) is 0 Å². The van der Waals surface area contributed by atoms with E-state index in [2.05, 4.69) is 62.3 Å². The first-order chi connectivity index (χ1) is 5.20. The van der Waals surface area contributed by atoms with Gasteiger partial charge in [0, 0.05) is 0 Å². The Bertz CT molecular complexity index is 175. The summed E-state index contributed by atoms with van der Waals surface area (Å²) in [6, 6.07) is 3.63. The second kappa shape index (κ2) is 7.77. The minimum absolute atomic E-state index is 0.751. The fourth-order valence-corrected chi connectivity index (χ4v) is 0.723. The molecule has 0 aliphatic heterocycles. The SMILES string of the molecule is Brc1ccc(Br)nn1.[Cl][Cu][Cl]. The van der Waals surface area contributed by atoms with E-state index in [1.807, 2.05) is 12.1 Å². The summed E-state index contributed by atoms with van der Waals surface area (Å²) in [7, 11) is 9.34. The van der Waals surface area contributed by atoms with E-state index in [4.69, 9.17) is 0 Å². The van der Waals surface area contributed by atoms with Gasteiger partial charge >= 0.3 is 33.3 Å². The van der Waals surface area contributed by atoms with Crippen molar-refractivity contribution >= 4 is 52.1 Å². The van der Waals surface area contributed by atoms with Gasteiger partial charge in [0.15, 0.2) is 0 Å². The second-order valence-electron chi connectivity index (χ2n) is 1.22. The van der Waals surface area contributed by atoms with Crippen LogP contribution in [0, 0.1) is 0 Å². The summed E-state index contributed by atoms with van der Waals surface area (Å²) < 4.78 is 1.50. The Morgan fingerprint density at radius 2 is 1.36 bits per heavy atom. The molecule has 1 aromatic rings. The van der Waals surface area contributed by atoms with Crippen molar-refractivity contribution in [1.29, 1.82) is 0 Å². The molecular formula is C4H2Br2Cl2CuN2. The quantitative estimate of drug-likeness (QED) is 0.653. The molecule has 1 rings (SSSR count). The molecule has 0 atom stereocenters. The summed E-state index contributed by atoms with van der Waals surface area (Å²) in [5, 5.41) is 7.40. The molecule has 2 nitrogen and oxygen atoms in total. The van der Waals surface area contributed by atoms with E-state index in [-0.39, 0.29) is 0 Å². The van der Waals surface area contributed by atoms with Crippen LogP contribution in [0.25, 0.3) is 0 Å². The summed E-state index contributed by atoms with van der Waals surface area (Å²) in [5.41, 5.74) is 0. The molecule has 0 amide bonds. The molecule has 0 radical (unpaired) electrons. The Morgan fingerprint density at radius 3 is 1.55 bits per heavy atom. The van der Waals surface area contributed by atoms with E-state index >= 15 is 0 Å². The number of hydrogen-bond acceptors (Lipinski definition) is 2. The van der Waals surface area contributed by atoms with Crippen LogP contribution in [0.3, 0.4) is 0 Å². The zero-order valence-electron chi connectivity index (χ0n) is 4.86. The average molecular weight is 372 g/mol. The fraction of sp³-hybridized carbons (Fsp3) is 0. The first-order valence-corrected chi connectivity index (χ1v) is 6.34. The molecule has 11 heavy (non-hydrogen) atoms. The Hall–Kier alpha value is 1.14. The summed E-state index contributed by atoms with van der Waals surface area (Å²) in [6.45, 7) is 0. The summed E-state index contributed by atoms with van der Waals surface area (Å²) in [5.74, 6) is 0. The van der Waals surface area contributed by atoms with Gasteiger partial charge in [-0.1, -0.05) is 0 Å².